The Morgan fingerprint density at radius 3 is 2.72 bits per heavy atom. The highest BCUT2D eigenvalue weighted by Crippen LogP contribution is 2.29. The van der Waals surface area contributed by atoms with Gasteiger partial charge < -0.3 is 10.1 Å². The van der Waals surface area contributed by atoms with Crippen molar-refractivity contribution in [1.82, 2.24) is 9.97 Å². The second-order valence-corrected chi connectivity index (χ2v) is 7.87. The van der Waals surface area contributed by atoms with Crippen molar-refractivity contribution >= 4 is 55.7 Å². The molecule has 0 bridgehead atoms. The molecule has 8 heteroatoms. The lowest BCUT2D eigenvalue weighted by atomic mass is 10.1. The van der Waals surface area contributed by atoms with Crippen molar-refractivity contribution in [2.24, 2.45) is 0 Å². The minimum absolute atomic E-state index is 0.338. The van der Waals surface area contributed by atoms with Crippen LogP contribution < -0.4 is 5.32 Å². The van der Waals surface area contributed by atoms with Crippen molar-refractivity contribution < 1.29 is 14.3 Å². The highest BCUT2D eigenvalue weighted by atomic mass is 79.9. The Bertz CT molecular complexity index is 1220. The summed E-state index contributed by atoms with van der Waals surface area (Å²) in [6.07, 6.45) is 1.68. The number of aromatic nitrogens is 2. The maximum absolute atomic E-state index is 13.2. The van der Waals surface area contributed by atoms with Crippen LogP contribution in [0, 0.1) is 0 Å². The first-order valence-corrected chi connectivity index (χ1v) is 10.2. The molecule has 0 saturated heterocycles. The standard InChI is InChI=1S/C21H14BrN3O3S/c1-28-21(27)19-17(7-9-29-19)25-20(26)14-11-18(16-4-2-3-8-23-16)24-15-6-5-12(22)10-13(14)15/h2-11H,1H3,(H,25,26). The third-order valence-corrected chi connectivity index (χ3v) is 5.61. The molecule has 0 aliphatic rings. The van der Waals surface area contributed by atoms with Crippen molar-refractivity contribution in [1.29, 1.82) is 0 Å². The molecule has 0 spiro atoms. The van der Waals surface area contributed by atoms with Gasteiger partial charge in [-0.1, -0.05) is 22.0 Å². The van der Waals surface area contributed by atoms with Crippen molar-refractivity contribution in [3.8, 4) is 11.4 Å². The van der Waals surface area contributed by atoms with Crippen LogP contribution in [-0.2, 0) is 4.74 Å². The van der Waals surface area contributed by atoms with E-state index in [1.165, 1.54) is 18.4 Å². The summed E-state index contributed by atoms with van der Waals surface area (Å²) in [5.41, 5.74) is 2.76. The van der Waals surface area contributed by atoms with Gasteiger partial charge in [0, 0.05) is 16.1 Å². The normalized spacial score (nSPS) is 10.7. The second kappa shape index (κ2) is 8.10. The van der Waals surface area contributed by atoms with E-state index in [1.54, 1.807) is 23.7 Å². The lowest BCUT2D eigenvalue weighted by Gasteiger charge is -2.11. The van der Waals surface area contributed by atoms with E-state index in [2.05, 4.69) is 31.2 Å². The average Bonchev–Trinajstić information content (AvgIpc) is 3.21. The van der Waals surface area contributed by atoms with Crippen molar-refractivity contribution in [3.05, 3.63) is 75.0 Å². The number of nitrogens with one attached hydrogen (secondary N) is 1. The molecule has 0 aliphatic carbocycles. The smallest absolute Gasteiger partial charge is 0.350 e. The molecule has 0 fully saturated rings. The predicted molar refractivity (Wildman–Crippen MR) is 116 cm³/mol. The van der Waals surface area contributed by atoms with Crippen molar-refractivity contribution in [2.45, 2.75) is 0 Å². The summed E-state index contributed by atoms with van der Waals surface area (Å²) >= 11 is 4.65. The van der Waals surface area contributed by atoms with Crippen LogP contribution in [0.15, 0.2) is 64.6 Å². The van der Waals surface area contributed by atoms with Crippen LogP contribution in [0.1, 0.15) is 20.0 Å². The highest BCUT2D eigenvalue weighted by Gasteiger charge is 2.19. The summed E-state index contributed by atoms with van der Waals surface area (Å²) < 4.78 is 5.61. The lowest BCUT2D eigenvalue weighted by Crippen LogP contribution is -2.15. The zero-order chi connectivity index (χ0) is 20.4. The number of esters is 1. The molecule has 3 heterocycles. The van der Waals surface area contributed by atoms with Crippen LogP contribution >= 0.6 is 27.3 Å². The number of carbonyl (C=O) groups is 2. The van der Waals surface area contributed by atoms with E-state index < -0.39 is 5.97 Å². The molecule has 0 saturated carbocycles. The number of ether oxygens (including phenoxy) is 1. The van der Waals surface area contributed by atoms with E-state index in [0.29, 0.717) is 38.4 Å². The molecular formula is C21H14BrN3O3S. The van der Waals surface area contributed by atoms with E-state index in [4.69, 9.17) is 4.74 Å². The number of anilines is 1. The third-order valence-electron chi connectivity index (χ3n) is 4.23. The number of hydrogen-bond acceptors (Lipinski definition) is 6. The Morgan fingerprint density at radius 2 is 1.97 bits per heavy atom. The second-order valence-electron chi connectivity index (χ2n) is 6.04. The van der Waals surface area contributed by atoms with E-state index in [-0.39, 0.29) is 5.91 Å². The van der Waals surface area contributed by atoms with Gasteiger partial charge in [0.05, 0.1) is 35.3 Å². The number of hydrogen-bond donors (Lipinski definition) is 1. The SMILES string of the molecule is COC(=O)c1sccc1NC(=O)c1cc(-c2ccccn2)nc2ccc(Br)cc12. The fourth-order valence-electron chi connectivity index (χ4n) is 2.88. The van der Waals surface area contributed by atoms with Gasteiger partial charge in [0.15, 0.2) is 0 Å². The Kier molecular flexibility index (Phi) is 5.37. The molecule has 0 unspecified atom stereocenters. The minimum atomic E-state index is -0.494. The Hall–Kier alpha value is -3.10. The molecule has 0 radical (unpaired) electrons. The van der Waals surface area contributed by atoms with E-state index in [0.717, 1.165) is 4.47 Å². The number of nitrogens with zero attached hydrogens (tertiary/aromatic N) is 2. The van der Waals surface area contributed by atoms with Crippen LogP contribution in [0.25, 0.3) is 22.3 Å². The summed E-state index contributed by atoms with van der Waals surface area (Å²) in [4.78, 5) is 34.4. The topological polar surface area (TPSA) is 81.2 Å². The molecule has 29 heavy (non-hydrogen) atoms. The maximum atomic E-state index is 13.2. The summed E-state index contributed by atoms with van der Waals surface area (Å²) in [6.45, 7) is 0. The van der Waals surface area contributed by atoms with Crippen molar-refractivity contribution in [2.75, 3.05) is 12.4 Å². The highest BCUT2D eigenvalue weighted by molar-refractivity contribution is 9.10. The monoisotopic (exact) mass is 467 g/mol. The van der Waals surface area contributed by atoms with Gasteiger partial charge in [-0.3, -0.25) is 9.78 Å². The molecule has 0 aliphatic heterocycles. The summed E-state index contributed by atoms with van der Waals surface area (Å²) in [5, 5.41) is 5.23. The predicted octanol–water partition coefficient (Wildman–Crippen LogP) is 5.16. The number of benzene rings is 1. The quantitative estimate of drug-likeness (QED) is 0.419. The van der Waals surface area contributed by atoms with Crippen LogP contribution in [0.4, 0.5) is 5.69 Å². The van der Waals surface area contributed by atoms with E-state index in [1.807, 2.05) is 36.4 Å². The van der Waals surface area contributed by atoms with Gasteiger partial charge >= 0.3 is 5.97 Å². The zero-order valence-electron chi connectivity index (χ0n) is 15.2. The van der Waals surface area contributed by atoms with Gasteiger partial charge in [-0.15, -0.1) is 11.3 Å². The molecule has 3 aromatic heterocycles. The van der Waals surface area contributed by atoms with Gasteiger partial charge in [0.2, 0.25) is 0 Å². The van der Waals surface area contributed by atoms with E-state index >= 15 is 0 Å². The lowest BCUT2D eigenvalue weighted by molar-refractivity contribution is 0.0607. The van der Waals surface area contributed by atoms with E-state index in [9.17, 15) is 9.59 Å². The summed E-state index contributed by atoms with van der Waals surface area (Å²) in [5.74, 6) is -0.844. The largest absolute Gasteiger partial charge is 0.465 e. The van der Waals surface area contributed by atoms with Gasteiger partial charge in [0.25, 0.3) is 5.91 Å². The van der Waals surface area contributed by atoms with Crippen LogP contribution in [-0.4, -0.2) is 29.0 Å². The number of amides is 1. The van der Waals surface area contributed by atoms with Gasteiger partial charge in [0.1, 0.15) is 4.88 Å². The number of fused-ring (bicyclic) bond motifs is 1. The molecule has 4 aromatic rings. The average molecular weight is 468 g/mol. The fourth-order valence-corrected chi connectivity index (χ4v) is 4.01. The van der Waals surface area contributed by atoms with Gasteiger partial charge in [-0.2, -0.15) is 0 Å². The molecule has 6 nitrogen and oxygen atoms in total. The van der Waals surface area contributed by atoms with Gasteiger partial charge in [-0.25, -0.2) is 9.78 Å². The number of thiophene rings is 1. The number of pyridine rings is 2. The fraction of sp³-hybridized carbons (Fsp3) is 0.0476. The van der Waals surface area contributed by atoms with Gasteiger partial charge in [-0.05, 0) is 47.8 Å². The van der Waals surface area contributed by atoms with Crippen LogP contribution in [0.2, 0.25) is 0 Å². The molecular weight excluding hydrogens is 454 g/mol. The Balaban J connectivity index is 1.81. The molecule has 1 amide bonds. The van der Waals surface area contributed by atoms with Crippen LogP contribution in [0.5, 0.6) is 0 Å². The first kappa shape index (κ1) is 19.2. The number of methoxy groups -OCH3 is 1. The molecule has 1 aromatic carbocycles. The first-order valence-electron chi connectivity index (χ1n) is 8.55. The Morgan fingerprint density at radius 1 is 1.10 bits per heavy atom. The molecule has 4 rings (SSSR count). The summed E-state index contributed by atoms with van der Waals surface area (Å²) in [7, 11) is 1.31. The first-order chi connectivity index (χ1) is 14.1. The summed E-state index contributed by atoms with van der Waals surface area (Å²) in [6, 6.07) is 14.5. The number of rotatable bonds is 4. The third kappa shape index (κ3) is 3.90. The van der Waals surface area contributed by atoms with Crippen molar-refractivity contribution in [3.63, 3.8) is 0 Å². The molecule has 144 valence electrons. The Labute approximate surface area is 178 Å². The minimum Gasteiger partial charge on any atom is -0.465 e. The molecule has 0 atom stereocenters. The number of halogens is 1. The maximum Gasteiger partial charge on any atom is 0.350 e. The number of carbonyl (C=O) groups excluding carboxylic acids is 2. The molecule has 1 N–H and O–H groups in total. The van der Waals surface area contributed by atoms with Crippen LogP contribution in [0.3, 0.4) is 0 Å². The zero-order valence-corrected chi connectivity index (χ0v) is 17.6.